The first-order chi connectivity index (χ1) is 7.09. The molecule has 0 radical (unpaired) electrons. The van der Waals surface area contributed by atoms with E-state index in [2.05, 4.69) is 32.0 Å². The molecule has 1 fully saturated rings. The topological polar surface area (TPSA) is 12.0 Å². The lowest BCUT2D eigenvalue weighted by Crippen LogP contribution is -2.38. The Labute approximate surface area is 95.0 Å². The van der Waals surface area contributed by atoms with E-state index in [9.17, 15) is 0 Å². The van der Waals surface area contributed by atoms with Crippen molar-refractivity contribution in [2.45, 2.75) is 58.9 Å². The smallest absolute Gasteiger partial charge is 0.0715 e. The number of hydrogen-bond donors (Lipinski definition) is 1. The van der Waals surface area contributed by atoms with Crippen molar-refractivity contribution in [1.29, 1.82) is 0 Å². The Bertz CT molecular complexity index is 214. The quantitative estimate of drug-likeness (QED) is 0.698. The summed E-state index contributed by atoms with van der Waals surface area (Å²) in [6, 6.07) is 0.307. The molecule has 0 aromatic carbocycles. The molecule has 1 rings (SSSR count). The molecule has 0 aliphatic heterocycles. The van der Waals surface area contributed by atoms with Crippen LogP contribution in [0.4, 0.5) is 0 Å². The van der Waals surface area contributed by atoms with Gasteiger partial charge in [-0.15, -0.1) is 6.42 Å². The third-order valence-electron chi connectivity index (χ3n) is 3.65. The van der Waals surface area contributed by atoms with Crippen molar-refractivity contribution in [1.82, 2.24) is 5.32 Å². The van der Waals surface area contributed by atoms with Gasteiger partial charge in [0.25, 0.3) is 0 Å². The zero-order valence-corrected chi connectivity index (χ0v) is 10.5. The summed E-state index contributed by atoms with van der Waals surface area (Å²) in [6.07, 6.45) is 12.0. The highest BCUT2D eigenvalue weighted by Crippen LogP contribution is 2.39. The van der Waals surface area contributed by atoms with Crippen molar-refractivity contribution < 1.29 is 0 Å². The van der Waals surface area contributed by atoms with E-state index < -0.39 is 0 Å². The molecule has 0 bridgehead atoms. The summed E-state index contributed by atoms with van der Waals surface area (Å²) in [6.45, 7) is 7.97. The maximum absolute atomic E-state index is 5.60. The summed E-state index contributed by atoms with van der Waals surface area (Å²) in [7, 11) is 0. The fourth-order valence-corrected chi connectivity index (χ4v) is 2.42. The first kappa shape index (κ1) is 12.6. The van der Waals surface area contributed by atoms with Crippen LogP contribution in [0, 0.1) is 23.7 Å². The van der Waals surface area contributed by atoms with E-state index in [4.69, 9.17) is 6.42 Å². The van der Waals surface area contributed by atoms with Crippen molar-refractivity contribution in [3.63, 3.8) is 0 Å². The van der Waals surface area contributed by atoms with E-state index in [0.29, 0.717) is 17.4 Å². The number of rotatable bonds is 4. The lowest BCUT2D eigenvalue weighted by Gasteiger charge is -2.36. The second kappa shape index (κ2) is 5.56. The molecule has 1 heteroatoms. The predicted molar refractivity (Wildman–Crippen MR) is 66.7 cm³/mol. The molecule has 86 valence electrons. The molecule has 1 aliphatic carbocycles. The Kier molecular flexibility index (Phi) is 4.67. The summed E-state index contributed by atoms with van der Waals surface area (Å²) < 4.78 is 0. The van der Waals surface area contributed by atoms with Crippen LogP contribution in [0.1, 0.15) is 52.9 Å². The molecule has 0 amide bonds. The minimum atomic E-state index is 0.307. The summed E-state index contributed by atoms with van der Waals surface area (Å²) in [4.78, 5) is 0. The number of terminal acetylenes is 1. The summed E-state index contributed by atoms with van der Waals surface area (Å²) >= 11 is 0. The van der Waals surface area contributed by atoms with Gasteiger partial charge < -0.3 is 5.32 Å². The van der Waals surface area contributed by atoms with Crippen molar-refractivity contribution in [3.8, 4) is 12.3 Å². The van der Waals surface area contributed by atoms with E-state index >= 15 is 0 Å². The number of nitrogens with one attached hydrogen (secondary N) is 1. The van der Waals surface area contributed by atoms with Gasteiger partial charge in [-0.05, 0) is 50.0 Å². The van der Waals surface area contributed by atoms with Gasteiger partial charge in [-0.2, -0.15) is 0 Å². The molecule has 0 aromatic heterocycles. The molecular weight excluding hydrogens is 182 g/mol. The Morgan fingerprint density at radius 3 is 2.47 bits per heavy atom. The van der Waals surface area contributed by atoms with Crippen LogP contribution in [0.5, 0.6) is 0 Å². The molecule has 1 N–H and O–H groups in total. The lowest BCUT2D eigenvalue weighted by atomic mass is 9.71. The van der Waals surface area contributed by atoms with Crippen LogP contribution >= 0.6 is 0 Å². The fraction of sp³-hybridized carbons (Fsp3) is 0.857. The van der Waals surface area contributed by atoms with Gasteiger partial charge in [0.15, 0.2) is 0 Å². The maximum atomic E-state index is 5.60. The second-order valence-corrected chi connectivity index (χ2v) is 5.60. The average Bonchev–Trinajstić information content (AvgIpc) is 2.21. The molecule has 1 saturated carbocycles. The molecule has 0 aromatic rings. The summed E-state index contributed by atoms with van der Waals surface area (Å²) in [5.41, 5.74) is 0.542. The van der Waals surface area contributed by atoms with Crippen LogP contribution in [0.2, 0.25) is 0 Å². The van der Waals surface area contributed by atoms with E-state index in [1.54, 1.807) is 0 Å². The van der Waals surface area contributed by atoms with E-state index in [1.165, 1.54) is 25.7 Å². The zero-order chi connectivity index (χ0) is 11.3. The van der Waals surface area contributed by atoms with Gasteiger partial charge in [-0.3, -0.25) is 0 Å². The van der Waals surface area contributed by atoms with Gasteiger partial charge in [0, 0.05) is 0 Å². The monoisotopic (exact) mass is 207 g/mol. The van der Waals surface area contributed by atoms with Crippen LogP contribution in [0.25, 0.3) is 0 Å². The predicted octanol–water partition coefficient (Wildman–Crippen LogP) is 3.20. The van der Waals surface area contributed by atoms with Gasteiger partial charge in [-0.25, -0.2) is 0 Å². The Morgan fingerprint density at radius 1 is 1.40 bits per heavy atom. The van der Waals surface area contributed by atoms with Gasteiger partial charge in [0.2, 0.25) is 0 Å². The molecule has 15 heavy (non-hydrogen) atoms. The molecule has 1 aliphatic rings. The van der Waals surface area contributed by atoms with Gasteiger partial charge in [0.1, 0.15) is 0 Å². The van der Waals surface area contributed by atoms with Crippen LogP contribution in [-0.2, 0) is 0 Å². The molecular formula is C14H25N. The Balaban J connectivity index is 2.40. The third-order valence-corrected chi connectivity index (χ3v) is 3.65. The van der Waals surface area contributed by atoms with E-state index in [-0.39, 0.29) is 0 Å². The minimum absolute atomic E-state index is 0.307. The highest BCUT2D eigenvalue weighted by molar-refractivity contribution is 5.03. The molecule has 0 saturated heterocycles. The Morgan fingerprint density at radius 2 is 2.00 bits per heavy atom. The van der Waals surface area contributed by atoms with Crippen LogP contribution < -0.4 is 5.32 Å². The van der Waals surface area contributed by atoms with Crippen molar-refractivity contribution in [2.24, 2.45) is 11.3 Å². The molecule has 0 heterocycles. The molecule has 1 atom stereocenters. The van der Waals surface area contributed by atoms with Gasteiger partial charge in [0.05, 0.1) is 6.04 Å². The van der Waals surface area contributed by atoms with E-state index in [0.717, 1.165) is 13.0 Å². The minimum Gasteiger partial charge on any atom is -0.303 e. The van der Waals surface area contributed by atoms with Crippen molar-refractivity contribution in [2.75, 3.05) is 6.54 Å². The lowest BCUT2D eigenvalue weighted by molar-refractivity contribution is 0.175. The summed E-state index contributed by atoms with van der Waals surface area (Å²) in [5, 5.41) is 3.48. The largest absolute Gasteiger partial charge is 0.303 e. The van der Waals surface area contributed by atoms with Crippen molar-refractivity contribution in [3.05, 3.63) is 0 Å². The van der Waals surface area contributed by atoms with Crippen LogP contribution in [0.3, 0.4) is 0 Å². The average molecular weight is 207 g/mol. The molecule has 0 spiro atoms. The third kappa shape index (κ3) is 3.87. The first-order valence-corrected chi connectivity index (χ1v) is 6.28. The maximum Gasteiger partial charge on any atom is 0.0715 e. The Hall–Kier alpha value is -0.480. The fourth-order valence-electron chi connectivity index (χ4n) is 2.42. The molecule has 1 unspecified atom stereocenters. The van der Waals surface area contributed by atoms with Gasteiger partial charge >= 0.3 is 0 Å². The van der Waals surface area contributed by atoms with Crippen molar-refractivity contribution >= 4 is 0 Å². The SMILES string of the molecule is C#CC(NCCC)C1CCC(C)(C)CC1. The highest BCUT2D eigenvalue weighted by atomic mass is 14.9. The standard InChI is InChI=1S/C14H25N/c1-5-11-15-13(6-2)12-7-9-14(3,4)10-8-12/h2,12-13,15H,5,7-11H2,1,3-4H3. The normalized spacial score (nSPS) is 23.3. The van der Waals surface area contributed by atoms with Gasteiger partial charge in [-0.1, -0.05) is 26.7 Å². The zero-order valence-electron chi connectivity index (χ0n) is 10.5. The van der Waals surface area contributed by atoms with E-state index in [1.807, 2.05) is 0 Å². The number of hydrogen-bond acceptors (Lipinski definition) is 1. The molecule has 1 nitrogen and oxygen atoms in total. The highest BCUT2D eigenvalue weighted by Gasteiger charge is 2.30. The van der Waals surface area contributed by atoms with Crippen LogP contribution in [-0.4, -0.2) is 12.6 Å². The first-order valence-electron chi connectivity index (χ1n) is 6.28. The second-order valence-electron chi connectivity index (χ2n) is 5.60. The van der Waals surface area contributed by atoms with Crippen LogP contribution in [0.15, 0.2) is 0 Å². The summed E-state index contributed by atoms with van der Waals surface area (Å²) in [5.74, 6) is 3.63.